The fourth-order valence-electron chi connectivity index (χ4n) is 2.00. The smallest absolute Gasteiger partial charge is 0.133 e. The number of rotatable bonds is 1. The Kier molecular flexibility index (Phi) is 5.53. The van der Waals surface area contributed by atoms with Crippen LogP contribution in [0.2, 0.25) is 0 Å². The molecule has 2 heterocycles. The van der Waals surface area contributed by atoms with Crippen LogP contribution >= 0.6 is 24.8 Å². The molecule has 3 nitrogen and oxygen atoms in total. The molecule has 0 bridgehead atoms. The molecule has 1 aliphatic heterocycles. The molecule has 0 amide bonds. The topological polar surface area (TPSA) is 28.2 Å². The molecule has 0 saturated heterocycles. The van der Waals surface area contributed by atoms with Gasteiger partial charge in [-0.2, -0.15) is 0 Å². The highest BCUT2D eigenvalue weighted by molar-refractivity contribution is 5.85. The summed E-state index contributed by atoms with van der Waals surface area (Å²) < 4.78 is 0. The van der Waals surface area contributed by atoms with Crippen molar-refractivity contribution >= 4 is 30.6 Å². The Morgan fingerprint density at radius 3 is 2.19 bits per heavy atom. The molecule has 0 aromatic carbocycles. The van der Waals surface area contributed by atoms with Crippen molar-refractivity contribution in [3.8, 4) is 0 Å². The number of aryl methyl sites for hydroxylation is 1. The number of nitrogens with one attached hydrogen (secondary N) is 1. The van der Waals surface area contributed by atoms with E-state index in [-0.39, 0.29) is 24.8 Å². The van der Waals surface area contributed by atoms with Crippen LogP contribution in [0.25, 0.3) is 0 Å². The Labute approximate surface area is 109 Å². The number of hydrogen-bond donors (Lipinski definition) is 1. The molecule has 0 atom stereocenters. The molecule has 1 aromatic rings. The third kappa shape index (κ3) is 2.42. The van der Waals surface area contributed by atoms with Crippen LogP contribution in [-0.2, 0) is 13.1 Å². The van der Waals surface area contributed by atoms with Crippen molar-refractivity contribution in [2.45, 2.75) is 26.9 Å². The van der Waals surface area contributed by atoms with Crippen LogP contribution in [0.1, 0.15) is 22.4 Å². The van der Waals surface area contributed by atoms with Crippen molar-refractivity contribution in [2.24, 2.45) is 0 Å². The normalized spacial score (nSPS) is 12.5. The predicted molar refractivity (Wildman–Crippen MR) is 73.1 cm³/mol. The first-order valence-corrected chi connectivity index (χ1v) is 4.98. The SMILES string of the molecule is Cc1nc(N(C)C)c2c(c1C)CNC2.Cl.Cl. The molecular formula is C11H19Cl2N3. The Balaban J connectivity index is 0.00000112. The first-order chi connectivity index (χ1) is 6.61. The highest BCUT2D eigenvalue weighted by atomic mass is 35.5. The van der Waals surface area contributed by atoms with E-state index in [1.165, 1.54) is 16.7 Å². The van der Waals surface area contributed by atoms with Gasteiger partial charge >= 0.3 is 0 Å². The third-order valence-electron chi connectivity index (χ3n) is 2.93. The number of anilines is 1. The molecule has 1 aliphatic rings. The lowest BCUT2D eigenvalue weighted by atomic mass is 10.0. The van der Waals surface area contributed by atoms with Crippen molar-refractivity contribution in [1.82, 2.24) is 10.3 Å². The van der Waals surface area contributed by atoms with Gasteiger partial charge < -0.3 is 10.2 Å². The van der Waals surface area contributed by atoms with Crippen molar-refractivity contribution in [3.63, 3.8) is 0 Å². The second kappa shape index (κ2) is 5.71. The van der Waals surface area contributed by atoms with Crippen molar-refractivity contribution in [3.05, 3.63) is 22.4 Å². The van der Waals surface area contributed by atoms with Crippen LogP contribution in [0.4, 0.5) is 5.82 Å². The molecule has 0 aliphatic carbocycles. The van der Waals surface area contributed by atoms with Gasteiger partial charge in [0.15, 0.2) is 0 Å². The van der Waals surface area contributed by atoms with Crippen molar-refractivity contribution < 1.29 is 0 Å². The fourth-order valence-corrected chi connectivity index (χ4v) is 2.00. The Morgan fingerprint density at radius 2 is 1.62 bits per heavy atom. The summed E-state index contributed by atoms with van der Waals surface area (Å²) in [7, 11) is 4.10. The number of nitrogens with zero attached hydrogens (tertiary/aromatic N) is 2. The van der Waals surface area contributed by atoms with Crippen LogP contribution in [-0.4, -0.2) is 19.1 Å². The first-order valence-electron chi connectivity index (χ1n) is 4.98. The summed E-state index contributed by atoms with van der Waals surface area (Å²) >= 11 is 0. The van der Waals surface area contributed by atoms with Crippen LogP contribution in [0.5, 0.6) is 0 Å². The maximum absolute atomic E-state index is 4.63. The first kappa shape index (κ1) is 15.5. The van der Waals surface area contributed by atoms with E-state index in [1.54, 1.807) is 0 Å². The van der Waals surface area contributed by atoms with Gasteiger partial charge in [0, 0.05) is 38.4 Å². The minimum absolute atomic E-state index is 0. The molecule has 2 rings (SSSR count). The summed E-state index contributed by atoms with van der Waals surface area (Å²) in [4.78, 5) is 6.73. The molecule has 0 radical (unpaired) electrons. The Hall–Kier alpha value is -0.510. The van der Waals surface area contributed by atoms with E-state index >= 15 is 0 Å². The lowest BCUT2D eigenvalue weighted by Crippen LogP contribution is -2.15. The summed E-state index contributed by atoms with van der Waals surface area (Å²) in [5.74, 6) is 1.12. The van der Waals surface area contributed by atoms with Crippen LogP contribution in [0.3, 0.4) is 0 Å². The predicted octanol–water partition coefficient (Wildman–Crippen LogP) is 2.21. The summed E-state index contributed by atoms with van der Waals surface area (Å²) in [6.45, 7) is 6.19. The summed E-state index contributed by atoms with van der Waals surface area (Å²) in [6.07, 6.45) is 0. The zero-order valence-corrected chi connectivity index (χ0v) is 11.8. The van der Waals surface area contributed by atoms with Crippen LogP contribution in [0, 0.1) is 13.8 Å². The minimum atomic E-state index is 0. The fraction of sp³-hybridized carbons (Fsp3) is 0.545. The number of halogens is 2. The van der Waals surface area contributed by atoms with E-state index in [0.717, 1.165) is 24.6 Å². The molecule has 0 spiro atoms. The van der Waals surface area contributed by atoms with E-state index in [1.807, 2.05) is 0 Å². The maximum Gasteiger partial charge on any atom is 0.133 e. The van der Waals surface area contributed by atoms with Crippen molar-refractivity contribution in [1.29, 1.82) is 0 Å². The Bertz CT molecular complexity index is 378. The number of fused-ring (bicyclic) bond motifs is 1. The molecule has 1 aromatic heterocycles. The standard InChI is InChI=1S/C11H17N3.2ClH/c1-7-8(2)13-11(14(3)4)10-6-12-5-9(7)10;;/h12H,5-6H2,1-4H3;2*1H. The largest absolute Gasteiger partial charge is 0.362 e. The van der Waals surface area contributed by atoms with E-state index in [0.29, 0.717) is 0 Å². The van der Waals surface area contributed by atoms with Gasteiger partial charge in [-0.15, -0.1) is 24.8 Å². The van der Waals surface area contributed by atoms with E-state index in [4.69, 9.17) is 0 Å². The second-order valence-electron chi connectivity index (χ2n) is 4.10. The van der Waals surface area contributed by atoms with Gasteiger partial charge in [0.1, 0.15) is 5.82 Å². The van der Waals surface area contributed by atoms with Gasteiger partial charge in [-0.05, 0) is 25.0 Å². The lowest BCUT2D eigenvalue weighted by Gasteiger charge is -2.18. The summed E-state index contributed by atoms with van der Waals surface area (Å²) in [5, 5.41) is 3.38. The highest BCUT2D eigenvalue weighted by Crippen LogP contribution is 2.28. The molecule has 16 heavy (non-hydrogen) atoms. The van der Waals surface area contributed by atoms with E-state index < -0.39 is 0 Å². The maximum atomic E-state index is 4.63. The van der Waals surface area contributed by atoms with Crippen molar-refractivity contribution in [2.75, 3.05) is 19.0 Å². The average molecular weight is 264 g/mol. The summed E-state index contributed by atoms with van der Waals surface area (Å²) in [5.41, 5.74) is 5.31. The van der Waals surface area contributed by atoms with E-state index in [2.05, 4.69) is 43.1 Å². The average Bonchev–Trinajstić information content (AvgIpc) is 2.59. The molecular weight excluding hydrogens is 245 g/mol. The van der Waals surface area contributed by atoms with E-state index in [9.17, 15) is 0 Å². The summed E-state index contributed by atoms with van der Waals surface area (Å²) in [6, 6.07) is 0. The number of pyridine rings is 1. The Morgan fingerprint density at radius 1 is 1.06 bits per heavy atom. The quantitative estimate of drug-likeness (QED) is 0.843. The van der Waals surface area contributed by atoms with Gasteiger partial charge in [0.05, 0.1) is 0 Å². The van der Waals surface area contributed by atoms with Gasteiger partial charge in [-0.25, -0.2) is 4.98 Å². The molecule has 0 saturated carbocycles. The lowest BCUT2D eigenvalue weighted by molar-refractivity contribution is 0.762. The molecule has 0 unspecified atom stereocenters. The van der Waals surface area contributed by atoms with Crippen LogP contribution < -0.4 is 10.2 Å². The van der Waals surface area contributed by atoms with Gasteiger partial charge in [0.25, 0.3) is 0 Å². The van der Waals surface area contributed by atoms with Crippen LogP contribution in [0.15, 0.2) is 0 Å². The number of aromatic nitrogens is 1. The highest BCUT2D eigenvalue weighted by Gasteiger charge is 2.20. The number of hydrogen-bond acceptors (Lipinski definition) is 3. The zero-order valence-electron chi connectivity index (χ0n) is 10.1. The molecule has 5 heteroatoms. The molecule has 92 valence electrons. The molecule has 1 N–H and O–H groups in total. The second-order valence-corrected chi connectivity index (χ2v) is 4.10. The molecule has 0 fully saturated rings. The monoisotopic (exact) mass is 263 g/mol. The van der Waals surface area contributed by atoms with Gasteiger partial charge in [-0.1, -0.05) is 0 Å². The minimum Gasteiger partial charge on any atom is -0.362 e. The zero-order chi connectivity index (χ0) is 10.3. The third-order valence-corrected chi connectivity index (χ3v) is 2.93. The van der Waals surface area contributed by atoms with Gasteiger partial charge in [0.2, 0.25) is 0 Å². The van der Waals surface area contributed by atoms with Gasteiger partial charge in [-0.3, -0.25) is 0 Å².